The minimum atomic E-state index is -1.13. The highest BCUT2D eigenvalue weighted by molar-refractivity contribution is 6.09. The van der Waals surface area contributed by atoms with Gasteiger partial charge in [0.1, 0.15) is 29.0 Å². The second kappa shape index (κ2) is 10.0. The number of aliphatic hydroxyl groups is 1. The maximum Gasteiger partial charge on any atom is 0.407 e. The van der Waals surface area contributed by atoms with E-state index in [0.717, 1.165) is 18.4 Å². The Balaban J connectivity index is 1.51. The number of rotatable bonds is 7. The molecule has 4 N–H and O–H groups in total. The molecule has 1 unspecified atom stereocenters. The molecule has 2 aromatic heterocycles. The van der Waals surface area contributed by atoms with E-state index in [1.807, 2.05) is 39.0 Å². The lowest BCUT2D eigenvalue weighted by Crippen LogP contribution is -2.54. The van der Waals surface area contributed by atoms with E-state index in [-0.39, 0.29) is 6.54 Å². The maximum absolute atomic E-state index is 13.7. The molecule has 2 aliphatic rings. The molecule has 5 rings (SSSR count). The molecule has 0 spiro atoms. The topological polar surface area (TPSA) is 150 Å². The van der Waals surface area contributed by atoms with Gasteiger partial charge in [0.15, 0.2) is 0 Å². The first-order valence-corrected chi connectivity index (χ1v) is 13.1. The van der Waals surface area contributed by atoms with E-state index in [1.54, 1.807) is 14.0 Å². The number of aromatic amines is 1. The zero-order valence-electron chi connectivity index (χ0n) is 22.8. The number of methoxy groups -OCH3 is 1. The number of carbonyl (C=O) groups is 2. The normalized spacial score (nSPS) is 21.3. The standard InChI is InChI=1S/C28H35N5O6/c1-14-20(26(35)32-22-18(34)11-33(27(36)37)25(22)28(2,3)4)23-24(31-14)21(29-13-30-23)17-9-8-16(38-5)10-19(17)39-12-15-6-7-15/h8-10,13,15,18,22,25,31,34H,6-7,11-12H2,1-5H3,(H,32,35)(H,36,37)/t18-,22+,25?/m1/s1. The monoisotopic (exact) mass is 537 g/mol. The van der Waals surface area contributed by atoms with Crippen LogP contribution < -0.4 is 14.8 Å². The predicted octanol–water partition coefficient (Wildman–Crippen LogP) is 3.60. The third kappa shape index (κ3) is 5.10. The Hall–Kier alpha value is -3.86. The number of nitrogens with zero attached hydrogens (tertiary/aromatic N) is 3. The Bertz CT molecular complexity index is 1410. The molecule has 1 aliphatic carbocycles. The molecule has 11 nitrogen and oxygen atoms in total. The maximum atomic E-state index is 13.7. The number of aryl methyl sites for hydroxylation is 1. The van der Waals surface area contributed by atoms with Crippen LogP contribution in [0.4, 0.5) is 4.79 Å². The molecule has 1 aromatic carbocycles. The molecule has 3 aromatic rings. The number of hydrogen-bond acceptors (Lipinski definition) is 7. The Morgan fingerprint density at radius 3 is 2.62 bits per heavy atom. The van der Waals surface area contributed by atoms with Crippen LogP contribution >= 0.6 is 0 Å². The largest absolute Gasteiger partial charge is 0.497 e. The highest BCUT2D eigenvalue weighted by atomic mass is 16.5. The number of nitrogens with one attached hydrogen (secondary N) is 2. The summed E-state index contributed by atoms with van der Waals surface area (Å²) in [6.45, 7) is 7.96. The first kappa shape index (κ1) is 26.7. The lowest BCUT2D eigenvalue weighted by Gasteiger charge is -2.37. The van der Waals surface area contributed by atoms with Crippen molar-refractivity contribution in [3.63, 3.8) is 0 Å². The Morgan fingerprint density at radius 2 is 1.97 bits per heavy atom. The molecule has 1 saturated carbocycles. The van der Waals surface area contributed by atoms with Crippen LogP contribution in [0.3, 0.4) is 0 Å². The number of fused-ring (bicyclic) bond motifs is 1. The predicted molar refractivity (Wildman–Crippen MR) is 144 cm³/mol. The van der Waals surface area contributed by atoms with Crippen molar-refractivity contribution in [2.24, 2.45) is 11.3 Å². The lowest BCUT2D eigenvalue weighted by molar-refractivity contribution is 0.0785. The van der Waals surface area contributed by atoms with E-state index in [1.165, 1.54) is 11.2 Å². The van der Waals surface area contributed by atoms with Crippen LogP contribution in [0.2, 0.25) is 0 Å². The van der Waals surface area contributed by atoms with Gasteiger partial charge in [-0.1, -0.05) is 20.8 Å². The molecule has 208 valence electrons. The zero-order valence-corrected chi connectivity index (χ0v) is 22.8. The van der Waals surface area contributed by atoms with E-state index in [2.05, 4.69) is 20.3 Å². The summed E-state index contributed by atoms with van der Waals surface area (Å²) in [5.74, 6) is 1.40. The molecule has 3 heterocycles. The van der Waals surface area contributed by atoms with Crippen LogP contribution in [-0.2, 0) is 0 Å². The van der Waals surface area contributed by atoms with Gasteiger partial charge in [-0.2, -0.15) is 0 Å². The van der Waals surface area contributed by atoms with Gasteiger partial charge in [-0.3, -0.25) is 4.79 Å². The van der Waals surface area contributed by atoms with Gasteiger partial charge in [-0.15, -0.1) is 0 Å². The van der Waals surface area contributed by atoms with E-state index in [9.17, 15) is 19.8 Å². The molecule has 2 amide bonds. The third-order valence-corrected chi connectivity index (χ3v) is 7.52. The highest BCUT2D eigenvalue weighted by Gasteiger charge is 2.49. The fraction of sp³-hybridized carbons (Fsp3) is 0.500. The number of likely N-dealkylation sites (tertiary alicyclic amines) is 1. The minimum Gasteiger partial charge on any atom is -0.497 e. The molecule has 0 radical (unpaired) electrons. The number of aliphatic hydroxyl groups excluding tert-OH is 1. The smallest absolute Gasteiger partial charge is 0.407 e. The number of H-pyrrole nitrogens is 1. The fourth-order valence-corrected chi connectivity index (χ4v) is 5.47. The molecule has 2 fully saturated rings. The first-order valence-electron chi connectivity index (χ1n) is 13.1. The third-order valence-electron chi connectivity index (χ3n) is 7.52. The first-order chi connectivity index (χ1) is 18.5. The van der Waals surface area contributed by atoms with Crippen molar-refractivity contribution in [1.29, 1.82) is 0 Å². The average molecular weight is 538 g/mol. The quantitative estimate of drug-likeness (QED) is 0.357. The number of hydrogen-bond donors (Lipinski definition) is 4. The van der Waals surface area contributed by atoms with Crippen LogP contribution in [-0.4, -0.2) is 80.5 Å². The van der Waals surface area contributed by atoms with Gasteiger partial charge in [0, 0.05) is 17.3 Å². The van der Waals surface area contributed by atoms with Crippen LogP contribution in [0.5, 0.6) is 11.5 Å². The van der Waals surface area contributed by atoms with Crippen molar-refractivity contribution in [2.75, 3.05) is 20.3 Å². The van der Waals surface area contributed by atoms with Crippen molar-refractivity contribution in [3.8, 4) is 22.8 Å². The number of aromatic nitrogens is 3. The van der Waals surface area contributed by atoms with E-state index >= 15 is 0 Å². The van der Waals surface area contributed by atoms with Gasteiger partial charge < -0.3 is 34.9 Å². The summed E-state index contributed by atoms with van der Waals surface area (Å²) < 4.78 is 11.6. The Kier molecular flexibility index (Phi) is 6.88. The second-order valence-electron chi connectivity index (χ2n) is 11.5. The van der Waals surface area contributed by atoms with Crippen molar-refractivity contribution < 1.29 is 29.3 Å². The SMILES string of the molecule is COc1ccc(-c2ncnc3c(C(=O)N[C@@H]4C(C(C)(C)C)N(C(=O)O)C[C@H]4O)c(C)[nH]c23)c(OCC2CC2)c1. The summed E-state index contributed by atoms with van der Waals surface area (Å²) in [7, 11) is 1.60. The number of carboxylic acid groups (broad SMARTS) is 1. The van der Waals surface area contributed by atoms with Gasteiger partial charge in [0.25, 0.3) is 5.91 Å². The molecule has 0 bridgehead atoms. The summed E-state index contributed by atoms with van der Waals surface area (Å²) in [4.78, 5) is 39.0. The Morgan fingerprint density at radius 1 is 1.23 bits per heavy atom. The van der Waals surface area contributed by atoms with Crippen molar-refractivity contribution in [1.82, 2.24) is 25.2 Å². The van der Waals surface area contributed by atoms with Crippen molar-refractivity contribution in [2.45, 2.75) is 58.7 Å². The van der Waals surface area contributed by atoms with E-state index in [0.29, 0.717) is 52.0 Å². The van der Waals surface area contributed by atoms with Crippen LogP contribution in [0.15, 0.2) is 24.5 Å². The molecule has 1 aliphatic heterocycles. The molecule has 11 heteroatoms. The Labute approximate surface area is 226 Å². The van der Waals surface area contributed by atoms with Gasteiger partial charge >= 0.3 is 6.09 Å². The summed E-state index contributed by atoms with van der Waals surface area (Å²) in [5, 5.41) is 23.4. The minimum absolute atomic E-state index is 0.0808. The molecule has 1 saturated heterocycles. The molecule has 3 atom stereocenters. The zero-order chi connectivity index (χ0) is 28.1. The fourth-order valence-electron chi connectivity index (χ4n) is 5.47. The molecular weight excluding hydrogens is 502 g/mol. The van der Waals surface area contributed by atoms with Gasteiger partial charge in [0.05, 0.1) is 49.5 Å². The van der Waals surface area contributed by atoms with Gasteiger partial charge in [-0.25, -0.2) is 14.8 Å². The van der Waals surface area contributed by atoms with Gasteiger partial charge in [0.2, 0.25) is 0 Å². The number of β-amino-alcohol motifs (C(OH)–C–C–N with tert-alkyl or cyclic N) is 1. The number of amides is 2. The summed E-state index contributed by atoms with van der Waals surface area (Å²) >= 11 is 0. The van der Waals surface area contributed by atoms with E-state index < -0.39 is 35.6 Å². The molecular formula is C28H35N5O6. The van der Waals surface area contributed by atoms with Crippen LogP contribution in [0.1, 0.15) is 49.7 Å². The average Bonchev–Trinajstić information content (AvgIpc) is 3.56. The van der Waals surface area contributed by atoms with Crippen molar-refractivity contribution in [3.05, 3.63) is 35.8 Å². The molecule has 39 heavy (non-hydrogen) atoms. The number of ether oxygens (including phenoxy) is 2. The second-order valence-corrected chi connectivity index (χ2v) is 11.5. The number of benzene rings is 1. The van der Waals surface area contributed by atoms with Gasteiger partial charge in [-0.05, 0) is 43.2 Å². The highest BCUT2D eigenvalue weighted by Crippen LogP contribution is 2.39. The summed E-state index contributed by atoms with van der Waals surface area (Å²) in [5.41, 5.74) is 2.70. The summed E-state index contributed by atoms with van der Waals surface area (Å²) in [6, 6.07) is 4.14. The van der Waals surface area contributed by atoms with Crippen LogP contribution in [0.25, 0.3) is 22.3 Å². The lowest BCUT2D eigenvalue weighted by atomic mass is 9.82. The summed E-state index contributed by atoms with van der Waals surface area (Å²) in [6.07, 6.45) is 1.54. The van der Waals surface area contributed by atoms with Crippen LogP contribution in [0, 0.1) is 18.3 Å². The number of carbonyl (C=O) groups excluding carboxylic acids is 1. The van der Waals surface area contributed by atoms with E-state index in [4.69, 9.17) is 9.47 Å². The van der Waals surface area contributed by atoms with Crippen molar-refractivity contribution >= 4 is 23.0 Å².